The van der Waals surface area contributed by atoms with Crippen molar-refractivity contribution < 1.29 is 37.3 Å². The summed E-state index contributed by atoms with van der Waals surface area (Å²) in [6.45, 7) is 8.86. The highest BCUT2D eigenvalue weighted by molar-refractivity contribution is 5.77. The van der Waals surface area contributed by atoms with Crippen LogP contribution in [0.4, 0.5) is 13.2 Å². The summed E-state index contributed by atoms with van der Waals surface area (Å²) in [5.41, 5.74) is 0.243. The Labute approximate surface area is 169 Å². The Kier molecular flexibility index (Phi) is 8.30. The van der Waals surface area contributed by atoms with Gasteiger partial charge in [-0.25, -0.2) is 4.79 Å². The van der Waals surface area contributed by atoms with Gasteiger partial charge in [-0.15, -0.1) is 0 Å². The Hall–Kier alpha value is -1.39. The van der Waals surface area contributed by atoms with Gasteiger partial charge in [0.05, 0.1) is 6.61 Å². The van der Waals surface area contributed by atoms with Crippen molar-refractivity contribution >= 4 is 11.9 Å². The molecule has 0 bridgehead atoms. The molecule has 3 rings (SSSR count). The summed E-state index contributed by atoms with van der Waals surface area (Å²) in [6.07, 6.45) is -1.17. The van der Waals surface area contributed by atoms with E-state index in [1.165, 1.54) is 19.4 Å². The number of nitrogens with zero attached hydrogens (tertiary/aromatic N) is 2. The number of likely N-dealkylation sites (tertiary alicyclic amines) is 2. The number of hydrogen-bond donors (Lipinski definition) is 1. The summed E-state index contributed by atoms with van der Waals surface area (Å²) in [7, 11) is 1.80. The lowest BCUT2D eigenvalue weighted by Crippen LogP contribution is -2.39. The number of rotatable bonds is 7. The molecule has 2 atom stereocenters. The second-order valence-electron chi connectivity index (χ2n) is 8.16. The van der Waals surface area contributed by atoms with E-state index in [0.717, 1.165) is 45.1 Å². The van der Waals surface area contributed by atoms with E-state index in [9.17, 15) is 18.0 Å². The van der Waals surface area contributed by atoms with Crippen LogP contribution in [-0.2, 0) is 19.1 Å². The van der Waals surface area contributed by atoms with Crippen LogP contribution in [0.15, 0.2) is 0 Å². The van der Waals surface area contributed by atoms with Crippen LogP contribution in [0.2, 0.25) is 0 Å². The molecule has 1 aliphatic carbocycles. The molecule has 7 nitrogen and oxygen atoms in total. The second kappa shape index (κ2) is 10.1. The molecule has 0 unspecified atom stereocenters. The van der Waals surface area contributed by atoms with Crippen LogP contribution < -0.4 is 0 Å². The van der Waals surface area contributed by atoms with Crippen molar-refractivity contribution in [1.82, 2.24) is 9.80 Å². The van der Waals surface area contributed by atoms with Crippen LogP contribution in [0, 0.1) is 17.3 Å². The van der Waals surface area contributed by atoms with Gasteiger partial charge in [0.1, 0.15) is 6.61 Å². The number of carbonyl (C=O) groups excluding carboxylic acids is 1. The fourth-order valence-corrected chi connectivity index (χ4v) is 4.23. The zero-order valence-electron chi connectivity index (χ0n) is 17.0. The van der Waals surface area contributed by atoms with Gasteiger partial charge in [-0.2, -0.15) is 13.2 Å². The van der Waals surface area contributed by atoms with Gasteiger partial charge in [0.25, 0.3) is 0 Å². The van der Waals surface area contributed by atoms with E-state index in [1.807, 2.05) is 11.8 Å². The second-order valence-corrected chi connectivity index (χ2v) is 8.16. The van der Waals surface area contributed by atoms with Crippen molar-refractivity contribution in [3.05, 3.63) is 0 Å². The van der Waals surface area contributed by atoms with Crippen LogP contribution in [0.1, 0.15) is 26.2 Å². The van der Waals surface area contributed by atoms with E-state index in [2.05, 4.69) is 4.90 Å². The van der Waals surface area contributed by atoms with Gasteiger partial charge in [-0.3, -0.25) is 4.79 Å². The molecule has 2 saturated heterocycles. The number of carboxylic acid groups (broad SMARTS) is 1. The summed E-state index contributed by atoms with van der Waals surface area (Å²) in [5, 5.41) is 7.12. The first-order valence-electron chi connectivity index (χ1n) is 9.98. The molecule has 29 heavy (non-hydrogen) atoms. The third kappa shape index (κ3) is 6.82. The Morgan fingerprint density at radius 3 is 2.41 bits per heavy atom. The van der Waals surface area contributed by atoms with Crippen molar-refractivity contribution in [1.29, 1.82) is 0 Å². The van der Waals surface area contributed by atoms with Crippen LogP contribution in [0.3, 0.4) is 0 Å². The number of aliphatic carboxylic acids is 1. The smallest absolute Gasteiger partial charge is 0.475 e. The molecule has 3 fully saturated rings. The Morgan fingerprint density at radius 2 is 1.90 bits per heavy atom. The minimum Gasteiger partial charge on any atom is -0.475 e. The quantitative estimate of drug-likeness (QED) is 0.672. The largest absolute Gasteiger partial charge is 0.490 e. The predicted octanol–water partition coefficient (Wildman–Crippen LogP) is 1.86. The van der Waals surface area contributed by atoms with E-state index in [-0.39, 0.29) is 17.9 Å². The number of alkyl halides is 3. The highest BCUT2D eigenvalue weighted by Crippen LogP contribution is 2.45. The van der Waals surface area contributed by atoms with Gasteiger partial charge in [0.2, 0.25) is 5.91 Å². The van der Waals surface area contributed by atoms with Crippen LogP contribution in [0.5, 0.6) is 0 Å². The number of methoxy groups -OCH3 is 1. The van der Waals surface area contributed by atoms with E-state index < -0.39 is 12.1 Å². The average Bonchev–Trinajstić information content (AvgIpc) is 3.25. The van der Waals surface area contributed by atoms with Crippen LogP contribution >= 0.6 is 0 Å². The maximum Gasteiger partial charge on any atom is 0.490 e. The lowest BCUT2D eigenvalue weighted by Gasteiger charge is -2.30. The fourth-order valence-electron chi connectivity index (χ4n) is 4.23. The highest BCUT2D eigenvalue weighted by Gasteiger charge is 2.51. The van der Waals surface area contributed by atoms with Gasteiger partial charge < -0.3 is 24.4 Å². The molecule has 0 aromatic rings. The molecule has 0 aromatic heterocycles. The van der Waals surface area contributed by atoms with Crippen molar-refractivity contribution in [2.45, 2.75) is 32.4 Å². The molecule has 168 valence electrons. The SMILES string of the molecule is CCOCC(=O)N1CC[C@@]2(CN(CC3CC3)C[C@H]2COC)C1.O=C(O)C(F)(F)F. The predicted molar refractivity (Wildman–Crippen MR) is 98.3 cm³/mol. The summed E-state index contributed by atoms with van der Waals surface area (Å²) in [5.74, 6) is -1.13. The number of ether oxygens (including phenoxy) is 2. The summed E-state index contributed by atoms with van der Waals surface area (Å²) < 4.78 is 42.5. The highest BCUT2D eigenvalue weighted by atomic mass is 19.4. The van der Waals surface area contributed by atoms with Crippen LogP contribution in [-0.4, -0.2) is 92.6 Å². The average molecular weight is 424 g/mol. The Balaban J connectivity index is 0.000000370. The molecule has 2 aliphatic heterocycles. The Bertz CT molecular complexity index is 571. The summed E-state index contributed by atoms with van der Waals surface area (Å²) in [6, 6.07) is 0. The minimum atomic E-state index is -5.08. The molecule has 0 aromatic carbocycles. The zero-order valence-corrected chi connectivity index (χ0v) is 17.0. The first-order valence-corrected chi connectivity index (χ1v) is 9.98. The molecule has 1 N–H and O–H groups in total. The number of carboxylic acids is 1. The van der Waals surface area contributed by atoms with Crippen molar-refractivity contribution in [2.75, 3.05) is 59.7 Å². The third-order valence-electron chi connectivity index (χ3n) is 5.87. The van der Waals surface area contributed by atoms with Gasteiger partial charge in [0.15, 0.2) is 0 Å². The van der Waals surface area contributed by atoms with Gasteiger partial charge in [0, 0.05) is 57.8 Å². The zero-order chi connectivity index (χ0) is 21.7. The molecule has 1 amide bonds. The Morgan fingerprint density at radius 1 is 1.24 bits per heavy atom. The molecule has 1 saturated carbocycles. The fraction of sp³-hybridized carbons (Fsp3) is 0.895. The molecular formula is C19H31F3N2O5. The standard InChI is InChI=1S/C17H30N2O3.C2HF3O2/c1-3-22-11-16(20)19-7-6-17(13-19)12-18(8-14-4-5-14)9-15(17)10-21-2;3-2(4,5)1(6)7/h14-15H,3-13H2,1-2H3;(H,6,7)/t15-,17+;/m0./s1. The van der Waals surface area contributed by atoms with Crippen molar-refractivity contribution in [3.8, 4) is 0 Å². The third-order valence-corrected chi connectivity index (χ3v) is 5.87. The van der Waals surface area contributed by atoms with Gasteiger partial charge in [-0.05, 0) is 32.1 Å². The van der Waals surface area contributed by atoms with Crippen molar-refractivity contribution in [3.63, 3.8) is 0 Å². The molecule has 0 radical (unpaired) electrons. The minimum absolute atomic E-state index is 0.149. The molecule has 1 spiro atoms. The number of carbonyl (C=O) groups is 2. The topological polar surface area (TPSA) is 79.3 Å². The van der Waals surface area contributed by atoms with E-state index in [4.69, 9.17) is 19.4 Å². The summed E-state index contributed by atoms with van der Waals surface area (Å²) in [4.78, 5) is 25.8. The number of hydrogen-bond acceptors (Lipinski definition) is 5. The van der Waals surface area contributed by atoms with Gasteiger partial charge in [-0.1, -0.05) is 0 Å². The molecular weight excluding hydrogens is 393 g/mol. The maximum atomic E-state index is 12.2. The summed E-state index contributed by atoms with van der Waals surface area (Å²) >= 11 is 0. The van der Waals surface area contributed by atoms with Crippen molar-refractivity contribution in [2.24, 2.45) is 17.3 Å². The van der Waals surface area contributed by atoms with Gasteiger partial charge >= 0.3 is 12.1 Å². The normalized spacial score (nSPS) is 27.2. The number of amides is 1. The number of halogens is 3. The monoisotopic (exact) mass is 424 g/mol. The van der Waals surface area contributed by atoms with E-state index in [0.29, 0.717) is 12.5 Å². The van der Waals surface area contributed by atoms with Crippen LogP contribution in [0.25, 0.3) is 0 Å². The lowest BCUT2D eigenvalue weighted by molar-refractivity contribution is -0.192. The molecule has 3 aliphatic rings. The first kappa shape index (κ1) is 23.9. The lowest BCUT2D eigenvalue weighted by atomic mass is 9.77. The first-order chi connectivity index (χ1) is 13.6. The van der Waals surface area contributed by atoms with E-state index >= 15 is 0 Å². The molecule has 10 heteroatoms. The maximum absolute atomic E-state index is 12.2. The van der Waals surface area contributed by atoms with E-state index in [1.54, 1.807) is 7.11 Å². The molecule has 2 heterocycles.